The van der Waals surface area contributed by atoms with Gasteiger partial charge in [-0.3, -0.25) is 0 Å². The van der Waals surface area contributed by atoms with Crippen LogP contribution in [0, 0.1) is 12.7 Å². The van der Waals surface area contributed by atoms with Crippen LogP contribution in [0.2, 0.25) is 0 Å². The topological polar surface area (TPSA) is 32.3 Å². The standard InChI is InChI=1S/C12H16FNO/c1-8-3-4-9(13)7-10(8)14-11-5-6-12(11,2)15/h3-4,7,11,14-15H,5-6H2,1-2H3/t11-,12-/m0/s1. The number of aryl methyl sites for hydroxylation is 1. The Bertz CT molecular complexity index is 376. The summed E-state index contributed by atoms with van der Waals surface area (Å²) >= 11 is 0. The summed E-state index contributed by atoms with van der Waals surface area (Å²) < 4.78 is 13.0. The predicted molar refractivity (Wildman–Crippen MR) is 58.4 cm³/mol. The predicted octanol–water partition coefficient (Wildman–Crippen LogP) is 2.46. The van der Waals surface area contributed by atoms with Crippen molar-refractivity contribution in [2.24, 2.45) is 0 Å². The largest absolute Gasteiger partial charge is 0.388 e. The maximum atomic E-state index is 13.0. The molecule has 2 nitrogen and oxygen atoms in total. The van der Waals surface area contributed by atoms with Crippen LogP contribution < -0.4 is 5.32 Å². The molecule has 0 heterocycles. The summed E-state index contributed by atoms with van der Waals surface area (Å²) in [4.78, 5) is 0. The minimum Gasteiger partial charge on any atom is -0.388 e. The van der Waals surface area contributed by atoms with Crippen LogP contribution in [0.4, 0.5) is 10.1 Å². The third kappa shape index (κ3) is 1.97. The van der Waals surface area contributed by atoms with Crippen LogP contribution in [-0.4, -0.2) is 16.7 Å². The van der Waals surface area contributed by atoms with Gasteiger partial charge in [0.25, 0.3) is 0 Å². The lowest BCUT2D eigenvalue weighted by Crippen LogP contribution is -2.53. The molecule has 1 saturated carbocycles. The molecule has 0 unspecified atom stereocenters. The second kappa shape index (κ2) is 3.49. The minimum atomic E-state index is -0.654. The first-order chi connectivity index (χ1) is 6.99. The zero-order valence-corrected chi connectivity index (χ0v) is 9.05. The molecule has 0 radical (unpaired) electrons. The van der Waals surface area contributed by atoms with Gasteiger partial charge in [-0.05, 0) is 44.4 Å². The molecule has 1 aliphatic rings. The molecule has 3 heteroatoms. The highest BCUT2D eigenvalue weighted by Crippen LogP contribution is 2.34. The van der Waals surface area contributed by atoms with Crippen molar-refractivity contribution in [2.75, 3.05) is 5.32 Å². The molecule has 0 aromatic heterocycles. The molecular weight excluding hydrogens is 193 g/mol. The Morgan fingerprint density at radius 2 is 2.27 bits per heavy atom. The second-order valence-corrected chi connectivity index (χ2v) is 4.55. The fourth-order valence-electron chi connectivity index (χ4n) is 1.87. The molecule has 0 amide bonds. The number of benzene rings is 1. The van der Waals surface area contributed by atoms with Crippen molar-refractivity contribution in [1.82, 2.24) is 0 Å². The molecule has 2 atom stereocenters. The number of halogens is 1. The molecule has 1 fully saturated rings. The third-order valence-electron chi connectivity index (χ3n) is 3.22. The van der Waals surface area contributed by atoms with E-state index in [0.29, 0.717) is 0 Å². The fraction of sp³-hybridized carbons (Fsp3) is 0.500. The average Bonchev–Trinajstić information content (AvgIpc) is 2.18. The summed E-state index contributed by atoms with van der Waals surface area (Å²) in [7, 11) is 0. The van der Waals surface area contributed by atoms with Crippen molar-refractivity contribution >= 4 is 5.69 Å². The number of hydrogen-bond acceptors (Lipinski definition) is 2. The first-order valence-electron chi connectivity index (χ1n) is 5.24. The van der Waals surface area contributed by atoms with E-state index >= 15 is 0 Å². The van der Waals surface area contributed by atoms with Gasteiger partial charge >= 0.3 is 0 Å². The lowest BCUT2D eigenvalue weighted by atomic mass is 9.76. The fourth-order valence-corrected chi connectivity index (χ4v) is 1.87. The number of aliphatic hydroxyl groups is 1. The van der Waals surface area contributed by atoms with Gasteiger partial charge in [0.05, 0.1) is 11.6 Å². The monoisotopic (exact) mass is 209 g/mol. The van der Waals surface area contributed by atoms with Gasteiger partial charge in [0.1, 0.15) is 5.82 Å². The Morgan fingerprint density at radius 1 is 1.53 bits per heavy atom. The number of nitrogens with one attached hydrogen (secondary N) is 1. The van der Waals surface area contributed by atoms with Crippen LogP contribution in [0.5, 0.6) is 0 Å². The first-order valence-corrected chi connectivity index (χ1v) is 5.24. The van der Waals surface area contributed by atoms with Gasteiger partial charge in [0.2, 0.25) is 0 Å². The van der Waals surface area contributed by atoms with Crippen LogP contribution in [0.15, 0.2) is 18.2 Å². The van der Waals surface area contributed by atoms with Crippen molar-refractivity contribution in [3.8, 4) is 0 Å². The summed E-state index contributed by atoms with van der Waals surface area (Å²) in [5.74, 6) is -0.248. The van der Waals surface area contributed by atoms with E-state index in [1.54, 1.807) is 6.07 Å². The van der Waals surface area contributed by atoms with E-state index in [1.807, 2.05) is 13.8 Å². The van der Waals surface area contributed by atoms with Gasteiger partial charge in [-0.25, -0.2) is 4.39 Å². The van der Waals surface area contributed by atoms with Gasteiger partial charge in [0.15, 0.2) is 0 Å². The summed E-state index contributed by atoms with van der Waals surface area (Å²) in [6.07, 6.45) is 1.74. The molecule has 1 aliphatic carbocycles. The van der Waals surface area contributed by atoms with Crippen molar-refractivity contribution in [2.45, 2.75) is 38.3 Å². The van der Waals surface area contributed by atoms with E-state index in [2.05, 4.69) is 5.32 Å². The average molecular weight is 209 g/mol. The zero-order valence-electron chi connectivity index (χ0n) is 9.05. The lowest BCUT2D eigenvalue weighted by Gasteiger charge is -2.43. The normalized spacial score (nSPS) is 29.7. The second-order valence-electron chi connectivity index (χ2n) is 4.55. The first kappa shape index (κ1) is 10.4. The van der Waals surface area contributed by atoms with E-state index in [9.17, 15) is 9.50 Å². The summed E-state index contributed by atoms with van der Waals surface area (Å²) in [5.41, 5.74) is 1.12. The van der Waals surface area contributed by atoms with E-state index in [0.717, 1.165) is 24.1 Å². The highest BCUT2D eigenvalue weighted by Gasteiger charge is 2.40. The van der Waals surface area contributed by atoms with Crippen LogP contribution in [0.25, 0.3) is 0 Å². The maximum Gasteiger partial charge on any atom is 0.125 e. The Morgan fingerprint density at radius 3 is 2.80 bits per heavy atom. The molecule has 0 saturated heterocycles. The van der Waals surface area contributed by atoms with Gasteiger partial charge in [-0.1, -0.05) is 6.07 Å². The molecule has 0 bridgehead atoms. The Kier molecular flexibility index (Phi) is 2.43. The smallest absolute Gasteiger partial charge is 0.125 e. The highest BCUT2D eigenvalue weighted by atomic mass is 19.1. The van der Waals surface area contributed by atoms with Crippen LogP contribution in [0.1, 0.15) is 25.3 Å². The third-order valence-corrected chi connectivity index (χ3v) is 3.22. The van der Waals surface area contributed by atoms with E-state index in [-0.39, 0.29) is 11.9 Å². The molecule has 0 aliphatic heterocycles. The van der Waals surface area contributed by atoms with Crippen molar-refractivity contribution in [3.05, 3.63) is 29.6 Å². The van der Waals surface area contributed by atoms with E-state index < -0.39 is 5.60 Å². The molecule has 1 aromatic carbocycles. The SMILES string of the molecule is Cc1ccc(F)cc1N[C@H]1CC[C@]1(C)O. The van der Waals surface area contributed by atoms with Gasteiger partial charge in [0, 0.05) is 5.69 Å². The number of rotatable bonds is 2. The number of hydrogen-bond donors (Lipinski definition) is 2. The lowest BCUT2D eigenvalue weighted by molar-refractivity contribution is -0.0286. The molecule has 2 rings (SSSR count). The van der Waals surface area contributed by atoms with E-state index in [1.165, 1.54) is 12.1 Å². The molecule has 1 aromatic rings. The van der Waals surface area contributed by atoms with Crippen molar-refractivity contribution < 1.29 is 9.50 Å². The summed E-state index contributed by atoms with van der Waals surface area (Å²) in [6, 6.07) is 4.70. The number of anilines is 1. The van der Waals surface area contributed by atoms with E-state index in [4.69, 9.17) is 0 Å². The van der Waals surface area contributed by atoms with Gasteiger partial charge in [-0.2, -0.15) is 0 Å². The summed E-state index contributed by atoms with van der Waals surface area (Å²) in [5, 5.41) is 13.0. The molecule has 82 valence electrons. The van der Waals surface area contributed by atoms with Crippen molar-refractivity contribution in [3.63, 3.8) is 0 Å². The molecular formula is C12H16FNO. The zero-order chi connectivity index (χ0) is 11.1. The van der Waals surface area contributed by atoms with Crippen LogP contribution in [0.3, 0.4) is 0 Å². The van der Waals surface area contributed by atoms with Crippen LogP contribution in [-0.2, 0) is 0 Å². The summed E-state index contributed by atoms with van der Waals surface area (Å²) in [6.45, 7) is 3.73. The van der Waals surface area contributed by atoms with Gasteiger partial charge in [-0.15, -0.1) is 0 Å². The highest BCUT2D eigenvalue weighted by molar-refractivity contribution is 5.52. The minimum absolute atomic E-state index is 0.0398. The Labute approximate surface area is 89.1 Å². The quantitative estimate of drug-likeness (QED) is 0.784. The Hall–Kier alpha value is -1.09. The Balaban J connectivity index is 2.14. The van der Waals surface area contributed by atoms with Crippen LogP contribution >= 0.6 is 0 Å². The van der Waals surface area contributed by atoms with Crippen molar-refractivity contribution in [1.29, 1.82) is 0 Å². The maximum absolute atomic E-state index is 13.0. The molecule has 0 spiro atoms. The molecule has 2 N–H and O–H groups in total. The van der Waals surface area contributed by atoms with Gasteiger partial charge < -0.3 is 10.4 Å². The molecule has 15 heavy (non-hydrogen) atoms.